The lowest BCUT2D eigenvalue weighted by atomic mass is 9.89. The third kappa shape index (κ3) is 8.58. The Balaban J connectivity index is 0.00000408. The maximum atomic E-state index is 13.1. The summed E-state index contributed by atoms with van der Waals surface area (Å²) in [5.74, 6) is -0.785. The van der Waals surface area contributed by atoms with Gasteiger partial charge in [0.25, 0.3) is 0 Å². The summed E-state index contributed by atoms with van der Waals surface area (Å²) in [5, 5.41) is 2.70. The molecule has 8 nitrogen and oxygen atoms in total. The monoisotopic (exact) mass is 512 g/mol. The molecule has 34 heavy (non-hydrogen) atoms. The zero-order chi connectivity index (χ0) is 24.0. The van der Waals surface area contributed by atoms with Crippen LogP contribution in [0.1, 0.15) is 24.8 Å². The van der Waals surface area contributed by atoms with E-state index in [1.165, 1.54) is 18.2 Å². The van der Waals surface area contributed by atoms with Gasteiger partial charge >= 0.3 is 0 Å². The lowest BCUT2D eigenvalue weighted by Gasteiger charge is -2.36. The number of amides is 2. The van der Waals surface area contributed by atoms with Crippen LogP contribution in [-0.4, -0.2) is 50.5 Å². The van der Waals surface area contributed by atoms with Crippen molar-refractivity contribution in [3.05, 3.63) is 59.9 Å². The molecule has 1 heterocycles. The summed E-state index contributed by atoms with van der Waals surface area (Å²) in [6.45, 7) is 1.28. The number of hydrogen-bond acceptors (Lipinski definition) is 5. The Labute approximate surface area is 205 Å². The van der Waals surface area contributed by atoms with Crippen LogP contribution < -0.4 is 15.8 Å². The molecule has 186 valence electrons. The minimum atomic E-state index is -3.44. The number of likely N-dealkylation sites (tertiary alicyclic amines) is 1. The first-order valence-electron chi connectivity index (χ1n) is 10.7. The largest absolute Gasteiger partial charge is 0.368 e. The number of sulfonamides is 1. The summed E-state index contributed by atoms with van der Waals surface area (Å²) >= 11 is 0. The smallest absolute Gasteiger partial charge is 0.235 e. The fourth-order valence-electron chi connectivity index (χ4n) is 4.09. The quantitative estimate of drug-likeness (QED) is 0.477. The first-order valence-corrected chi connectivity index (χ1v) is 12.6. The van der Waals surface area contributed by atoms with Gasteiger partial charge in [0.15, 0.2) is 0 Å². The molecule has 2 aromatic rings. The molecule has 1 fully saturated rings. The van der Waals surface area contributed by atoms with E-state index in [2.05, 4.69) is 10.0 Å². The molecular weight excluding hydrogens is 483 g/mol. The molecule has 0 radical (unpaired) electrons. The minimum Gasteiger partial charge on any atom is -0.368 e. The Morgan fingerprint density at radius 3 is 2.32 bits per heavy atom. The van der Waals surface area contributed by atoms with Gasteiger partial charge in [-0.05, 0) is 74.2 Å². The number of primary amides is 1. The topological polar surface area (TPSA) is 122 Å². The van der Waals surface area contributed by atoms with Crippen molar-refractivity contribution in [3.63, 3.8) is 0 Å². The number of nitrogens with one attached hydrogen (secondary N) is 2. The predicted molar refractivity (Wildman–Crippen MR) is 133 cm³/mol. The van der Waals surface area contributed by atoms with E-state index in [9.17, 15) is 22.4 Å². The van der Waals surface area contributed by atoms with E-state index in [1.54, 1.807) is 30.3 Å². The van der Waals surface area contributed by atoms with Crippen LogP contribution in [0.3, 0.4) is 0 Å². The SMILES string of the molecule is CS(=O)(=O)Nc1cccc(NC(=O)CC(C(N)=O)N2CCC(Cc3ccc(F)cc3)CC2)c1.Cl. The number of benzene rings is 2. The summed E-state index contributed by atoms with van der Waals surface area (Å²) in [7, 11) is -3.44. The van der Waals surface area contributed by atoms with Crippen LogP contribution in [0.4, 0.5) is 15.8 Å². The summed E-state index contributed by atoms with van der Waals surface area (Å²) in [4.78, 5) is 26.6. The van der Waals surface area contributed by atoms with Crippen molar-refractivity contribution < 1.29 is 22.4 Å². The highest BCUT2D eigenvalue weighted by Gasteiger charge is 2.30. The zero-order valence-corrected chi connectivity index (χ0v) is 20.5. The standard InChI is InChI=1S/C23H29FN4O4S.ClH/c1-33(31,32)27-20-4-2-3-19(14-20)26-22(29)15-21(23(25)30)28-11-9-17(10-12-28)13-16-5-7-18(24)8-6-16;/h2-8,14,17,21,27H,9-13,15H2,1H3,(H2,25,30)(H,26,29);1H. The molecule has 11 heteroatoms. The summed E-state index contributed by atoms with van der Waals surface area (Å²) < 4.78 is 38.2. The van der Waals surface area contributed by atoms with Crippen molar-refractivity contribution >= 4 is 45.6 Å². The van der Waals surface area contributed by atoms with Gasteiger partial charge in [0.2, 0.25) is 21.8 Å². The normalized spacial score (nSPS) is 15.7. The van der Waals surface area contributed by atoms with Gasteiger partial charge in [-0.25, -0.2) is 12.8 Å². The van der Waals surface area contributed by atoms with Gasteiger partial charge in [0, 0.05) is 5.69 Å². The van der Waals surface area contributed by atoms with E-state index >= 15 is 0 Å². The van der Waals surface area contributed by atoms with Gasteiger partial charge in [-0.2, -0.15) is 0 Å². The molecule has 2 aromatic carbocycles. The number of carbonyl (C=O) groups excluding carboxylic acids is 2. The van der Waals surface area contributed by atoms with Crippen LogP contribution in [0.2, 0.25) is 0 Å². The van der Waals surface area contributed by atoms with Gasteiger partial charge in [-0.1, -0.05) is 18.2 Å². The van der Waals surface area contributed by atoms with Gasteiger partial charge in [0.05, 0.1) is 24.4 Å². The Bertz CT molecular complexity index is 1090. The molecule has 0 bridgehead atoms. The van der Waals surface area contributed by atoms with Crippen LogP contribution in [0.25, 0.3) is 0 Å². The molecule has 1 saturated heterocycles. The van der Waals surface area contributed by atoms with Crippen molar-refractivity contribution in [3.8, 4) is 0 Å². The third-order valence-corrected chi connectivity index (χ3v) is 6.29. The molecule has 0 aromatic heterocycles. The third-order valence-electron chi connectivity index (χ3n) is 5.68. The number of carbonyl (C=O) groups is 2. The van der Waals surface area contributed by atoms with Gasteiger partial charge in [0.1, 0.15) is 5.82 Å². The molecule has 1 aliphatic heterocycles. The summed E-state index contributed by atoms with van der Waals surface area (Å²) in [5.41, 5.74) is 7.42. The van der Waals surface area contributed by atoms with Crippen LogP contribution in [0.15, 0.2) is 48.5 Å². The Morgan fingerprint density at radius 2 is 1.74 bits per heavy atom. The van der Waals surface area contributed by atoms with Gasteiger partial charge in [-0.15, -0.1) is 12.4 Å². The molecule has 0 spiro atoms. The predicted octanol–water partition coefficient (Wildman–Crippen LogP) is 2.76. The average molecular weight is 513 g/mol. The van der Waals surface area contributed by atoms with E-state index in [4.69, 9.17) is 5.73 Å². The summed E-state index contributed by atoms with van der Waals surface area (Å²) in [6, 6.07) is 12.1. The molecular formula is C23H30ClFN4O4S. The van der Waals surface area contributed by atoms with Crippen LogP contribution >= 0.6 is 12.4 Å². The van der Waals surface area contributed by atoms with Crippen molar-refractivity contribution in [2.24, 2.45) is 11.7 Å². The average Bonchev–Trinajstić information content (AvgIpc) is 2.73. The van der Waals surface area contributed by atoms with Crippen molar-refractivity contribution in [2.45, 2.75) is 31.7 Å². The molecule has 4 N–H and O–H groups in total. The molecule has 1 atom stereocenters. The van der Waals surface area contributed by atoms with Crippen molar-refractivity contribution in [1.29, 1.82) is 0 Å². The first-order chi connectivity index (χ1) is 15.6. The summed E-state index contributed by atoms with van der Waals surface area (Å²) in [6.07, 6.45) is 3.48. The number of hydrogen-bond donors (Lipinski definition) is 3. The molecule has 2 amide bonds. The molecule has 0 saturated carbocycles. The van der Waals surface area contributed by atoms with Crippen LogP contribution in [0.5, 0.6) is 0 Å². The maximum Gasteiger partial charge on any atom is 0.235 e. The fourth-order valence-corrected chi connectivity index (χ4v) is 4.65. The number of halogens is 2. The molecule has 0 aliphatic carbocycles. The fraction of sp³-hybridized carbons (Fsp3) is 0.391. The van der Waals surface area contributed by atoms with Crippen LogP contribution in [0, 0.1) is 11.7 Å². The Kier molecular flexibility index (Phi) is 9.84. The van der Waals surface area contributed by atoms with Crippen LogP contribution in [-0.2, 0) is 26.0 Å². The Morgan fingerprint density at radius 1 is 1.12 bits per heavy atom. The highest BCUT2D eigenvalue weighted by Crippen LogP contribution is 2.24. The van der Waals surface area contributed by atoms with E-state index < -0.39 is 22.0 Å². The lowest BCUT2D eigenvalue weighted by molar-refractivity contribution is -0.128. The second-order valence-corrected chi connectivity index (χ2v) is 10.2. The number of anilines is 2. The molecule has 1 unspecified atom stereocenters. The van der Waals surface area contributed by atoms with Gasteiger partial charge in [-0.3, -0.25) is 19.2 Å². The minimum absolute atomic E-state index is 0. The zero-order valence-electron chi connectivity index (χ0n) is 18.9. The molecule has 3 rings (SSSR count). The number of rotatable bonds is 9. The van der Waals surface area contributed by atoms with E-state index in [-0.39, 0.29) is 30.6 Å². The number of nitrogens with zero attached hydrogens (tertiary/aromatic N) is 1. The Hall–Kier alpha value is -2.69. The lowest BCUT2D eigenvalue weighted by Crippen LogP contribution is -2.49. The highest BCUT2D eigenvalue weighted by molar-refractivity contribution is 7.92. The second-order valence-electron chi connectivity index (χ2n) is 8.44. The second kappa shape index (κ2) is 12.1. The van der Waals surface area contributed by atoms with Crippen molar-refractivity contribution in [2.75, 3.05) is 29.4 Å². The number of nitrogens with two attached hydrogens (primary N) is 1. The van der Waals surface area contributed by atoms with E-state index in [1.807, 2.05) is 4.90 Å². The highest BCUT2D eigenvalue weighted by atomic mass is 35.5. The maximum absolute atomic E-state index is 13.1. The molecule has 1 aliphatic rings. The van der Waals surface area contributed by atoms with E-state index in [0.29, 0.717) is 30.4 Å². The van der Waals surface area contributed by atoms with E-state index in [0.717, 1.165) is 31.1 Å². The first kappa shape index (κ1) is 27.6. The number of piperidine rings is 1. The van der Waals surface area contributed by atoms with Gasteiger partial charge < -0.3 is 11.1 Å². The van der Waals surface area contributed by atoms with Crippen molar-refractivity contribution in [1.82, 2.24) is 4.90 Å².